The number of hydrogen-bond donors (Lipinski definition) is 3. The van der Waals surface area contributed by atoms with Crippen LogP contribution in [0.4, 0.5) is 0 Å². The molecule has 0 saturated carbocycles. The molecule has 0 aliphatic rings. The Kier molecular flexibility index (Phi) is 57.8. The van der Waals surface area contributed by atoms with Gasteiger partial charge in [0.15, 0.2) is 12.2 Å². The molecule has 0 aliphatic heterocycles. The lowest BCUT2D eigenvalue weighted by atomic mass is 10.0. The number of unbranched alkanes of at least 4 members (excludes halogenated alkanes) is 34. The Morgan fingerprint density at radius 3 is 0.782 bits per heavy atom. The number of aliphatic hydroxyl groups is 1. The van der Waals surface area contributed by atoms with E-state index in [1.807, 2.05) is 0 Å². The van der Waals surface area contributed by atoms with Crippen LogP contribution in [0.5, 0.6) is 0 Å². The number of carbonyl (C=O) groups is 4. The number of carbonyl (C=O) groups excluding carboxylic acids is 4. The fraction of sp³-hybridized carbons (Fsp3) is 0.941. The van der Waals surface area contributed by atoms with Gasteiger partial charge in [-0.15, -0.1) is 0 Å². The zero-order valence-corrected chi connectivity index (χ0v) is 58.3. The van der Waals surface area contributed by atoms with Gasteiger partial charge in [-0.2, -0.15) is 0 Å². The lowest BCUT2D eigenvalue weighted by Gasteiger charge is -2.21. The third-order valence-corrected chi connectivity index (χ3v) is 17.5. The third-order valence-electron chi connectivity index (χ3n) is 15.6. The summed E-state index contributed by atoms with van der Waals surface area (Å²) in [5.41, 5.74) is 0. The molecular weight excluding hydrogens is 1150 g/mol. The van der Waals surface area contributed by atoms with Gasteiger partial charge in [-0.05, 0) is 43.4 Å². The molecule has 0 aromatic carbocycles. The van der Waals surface area contributed by atoms with E-state index in [1.54, 1.807) is 0 Å². The monoisotopic (exact) mass is 1280 g/mol. The number of aliphatic hydroxyl groups excluding tert-OH is 1. The van der Waals surface area contributed by atoms with Gasteiger partial charge in [0, 0.05) is 25.7 Å². The molecule has 516 valence electrons. The van der Waals surface area contributed by atoms with Crippen LogP contribution in [-0.2, 0) is 65.4 Å². The van der Waals surface area contributed by atoms with E-state index in [9.17, 15) is 43.2 Å². The van der Waals surface area contributed by atoms with E-state index in [4.69, 9.17) is 37.0 Å². The van der Waals surface area contributed by atoms with Gasteiger partial charge in [-0.1, -0.05) is 286 Å². The van der Waals surface area contributed by atoms with E-state index in [2.05, 4.69) is 48.5 Å². The Labute approximate surface area is 530 Å². The number of phosphoric acid groups is 2. The lowest BCUT2D eigenvalue weighted by Crippen LogP contribution is -2.30. The fourth-order valence-electron chi connectivity index (χ4n) is 10.2. The summed E-state index contributed by atoms with van der Waals surface area (Å²) in [7, 11) is -9.90. The van der Waals surface area contributed by atoms with Crippen LogP contribution < -0.4 is 0 Å². The molecule has 5 atom stereocenters. The molecule has 0 rings (SSSR count). The zero-order chi connectivity index (χ0) is 64.5. The summed E-state index contributed by atoms with van der Waals surface area (Å²) in [5.74, 6) is 0.0839. The minimum atomic E-state index is -4.95. The van der Waals surface area contributed by atoms with Gasteiger partial charge in [-0.25, -0.2) is 9.13 Å². The molecule has 19 heteroatoms. The van der Waals surface area contributed by atoms with Crippen molar-refractivity contribution in [3.05, 3.63) is 0 Å². The highest BCUT2D eigenvalue weighted by atomic mass is 31.2. The summed E-state index contributed by atoms with van der Waals surface area (Å²) in [4.78, 5) is 72.4. The van der Waals surface area contributed by atoms with Gasteiger partial charge >= 0.3 is 39.5 Å². The van der Waals surface area contributed by atoms with Crippen molar-refractivity contribution in [1.29, 1.82) is 0 Å². The molecular formula is C68H132O17P2. The van der Waals surface area contributed by atoms with Gasteiger partial charge in [0.05, 0.1) is 26.4 Å². The highest BCUT2D eigenvalue weighted by molar-refractivity contribution is 7.47. The maximum absolute atomic E-state index is 13.0. The van der Waals surface area contributed by atoms with Crippen LogP contribution in [-0.4, -0.2) is 96.7 Å². The first-order chi connectivity index (χ1) is 41.7. The molecule has 17 nitrogen and oxygen atoms in total. The van der Waals surface area contributed by atoms with E-state index in [1.165, 1.54) is 148 Å². The zero-order valence-electron chi connectivity index (χ0n) is 56.5. The molecule has 0 saturated heterocycles. The van der Waals surface area contributed by atoms with Gasteiger partial charge in [0.1, 0.15) is 19.3 Å². The van der Waals surface area contributed by atoms with Crippen LogP contribution in [0.1, 0.15) is 337 Å². The van der Waals surface area contributed by atoms with E-state index in [-0.39, 0.29) is 25.7 Å². The van der Waals surface area contributed by atoms with Crippen LogP contribution in [0, 0.1) is 17.8 Å². The molecule has 0 aromatic rings. The molecule has 0 radical (unpaired) electrons. The van der Waals surface area contributed by atoms with Crippen molar-refractivity contribution < 1.29 is 80.2 Å². The summed E-state index contributed by atoms with van der Waals surface area (Å²) in [6, 6.07) is 0. The van der Waals surface area contributed by atoms with Crippen molar-refractivity contribution in [3.63, 3.8) is 0 Å². The molecule has 3 N–H and O–H groups in total. The highest BCUT2D eigenvalue weighted by Gasteiger charge is 2.30. The lowest BCUT2D eigenvalue weighted by molar-refractivity contribution is -0.161. The van der Waals surface area contributed by atoms with Gasteiger partial charge in [-0.3, -0.25) is 37.3 Å². The average molecular weight is 1280 g/mol. The Balaban J connectivity index is 5.26. The Morgan fingerprint density at radius 2 is 0.529 bits per heavy atom. The quantitative estimate of drug-likeness (QED) is 0.0222. The third kappa shape index (κ3) is 62.6. The largest absolute Gasteiger partial charge is 0.472 e. The van der Waals surface area contributed by atoms with Crippen LogP contribution >= 0.6 is 15.6 Å². The summed E-state index contributed by atoms with van der Waals surface area (Å²) >= 11 is 0. The second-order valence-electron chi connectivity index (χ2n) is 26.0. The van der Waals surface area contributed by atoms with Crippen LogP contribution in [0.15, 0.2) is 0 Å². The molecule has 2 unspecified atom stereocenters. The van der Waals surface area contributed by atoms with Gasteiger partial charge in [0.2, 0.25) is 0 Å². The number of ether oxygens (including phenoxy) is 4. The van der Waals surface area contributed by atoms with Crippen molar-refractivity contribution in [1.82, 2.24) is 0 Å². The predicted molar refractivity (Wildman–Crippen MR) is 349 cm³/mol. The second-order valence-corrected chi connectivity index (χ2v) is 28.9. The number of hydrogen-bond acceptors (Lipinski definition) is 15. The Hall–Kier alpha value is -1.94. The van der Waals surface area contributed by atoms with E-state index < -0.39 is 97.5 Å². The highest BCUT2D eigenvalue weighted by Crippen LogP contribution is 2.45. The molecule has 0 amide bonds. The van der Waals surface area contributed by atoms with E-state index in [0.717, 1.165) is 108 Å². The SMILES string of the molecule is CCCCCCCCCCCCCC(=O)OC[C@H](COP(=O)(O)OC[C@H](O)COP(=O)(O)OC[C@@H](COC(=O)CCCCCCCCCCCC(C)C)OC(=O)CCCCCCCCCCCCC(C)C)OC(=O)CCCCCCCCCCC(C)C. The standard InChI is InChI=1S/C68H132O17P2/c1-8-9-10-11-12-13-14-20-28-35-42-49-65(70)78-56-64(85-68(73)52-45-38-31-24-23-27-34-41-48-61(6)7)58-83-87(76,77)81-54-62(69)53-80-86(74,75)82-57-63(55-79-66(71)50-43-36-29-22-17-19-26-33-40-47-60(4)5)84-67(72)51-44-37-30-21-16-15-18-25-32-39-46-59(2)3/h59-64,69H,8-58H2,1-7H3,(H,74,75)(H,76,77)/t62-,63-,64-/m1/s1. The average Bonchev–Trinajstić information content (AvgIpc) is 3.61. The maximum Gasteiger partial charge on any atom is 0.472 e. The first kappa shape index (κ1) is 85.1. The smallest absolute Gasteiger partial charge is 0.462 e. The first-order valence-corrected chi connectivity index (χ1v) is 38.3. The van der Waals surface area contributed by atoms with Crippen molar-refractivity contribution in [2.75, 3.05) is 39.6 Å². The van der Waals surface area contributed by atoms with E-state index >= 15 is 0 Å². The Bertz CT molecular complexity index is 1720. The normalized spacial score (nSPS) is 14.3. The molecule has 0 spiro atoms. The minimum absolute atomic E-state index is 0.104. The summed E-state index contributed by atoms with van der Waals surface area (Å²) < 4.78 is 68.2. The summed E-state index contributed by atoms with van der Waals surface area (Å²) in [5, 5.41) is 10.6. The van der Waals surface area contributed by atoms with Crippen molar-refractivity contribution >= 4 is 39.5 Å². The molecule has 87 heavy (non-hydrogen) atoms. The topological polar surface area (TPSA) is 237 Å². The van der Waals surface area contributed by atoms with Crippen LogP contribution in [0.25, 0.3) is 0 Å². The number of rotatable bonds is 66. The first-order valence-electron chi connectivity index (χ1n) is 35.3. The second kappa shape index (κ2) is 59.1. The molecule has 0 heterocycles. The Morgan fingerprint density at radius 1 is 0.310 bits per heavy atom. The maximum atomic E-state index is 13.0. The predicted octanol–water partition coefficient (Wildman–Crippen LogP) is 19.1. The minimum Gasteiger partial charge on any atom is -0.462 e. The molecule has 0 aromatic heterocycles. The van der Waals surface area contributed by atoms with E-state index in [0.29, 0.717) is 25.7 Å². The number of phosphoric ester groups is 2. The van der Waals surface area contributed by atoms with Gasteiger partial charge < -0.3 is 33.8 Å². The van der Waals surface area contributed by atoms with Crippen molar-refractivity contribution in [3.8, 4) is 0 Å². The summed E-state index contributed by atoms with van der Waals surface area (Å²) in [6.07, 6.45) is 41.6. The molecule has 0 fully saturated rings. The summed E-state index contributed by atoms with van der Waals surface area (Å²) in [6.45, 7) is 11.8. The van der Waals surface area contributed by atoms with Crippen molar-refractivity contribution in [2.24, 2.45) is 17.8 Å². The van der Waals surface area contributed by atoms with Crippen molar-refractivity contribution in [2.45, 2.75) is 356 Å². The molecule has 0 aliphatic carbocycles. The number of esters is 4. The van der Waals surface area contributed by atoms with Crippen LogP contribution in [0.3, 0.4) is 0 Å². The fourth-order valence-corrected chi connectivity index (χ4v) is 11.8. The molecule has 0 bridgehead atoms. The van der Waals surface area contributed by atoms with Gasteiger partial charge in [0.25, 0.3) is 0 Å². The van der Waals surface area contributed by atoms with Crippen LogP contribution in [0.2, 0.25) is 0 Å².